The summed E-state index contributed by atoms with van der Waals surface area (Å²) in [5.74, 6) is 0. The molecule has 0 fully saturated rings. The van der Waals surface area contributed by atoms with Crippen LogP contribution in [0.1, 0.15) is 0 Å². The van der Waals surface area contributed by atoms with E-state index < -0.39 is 0 Å². The molecule has 4 aromatic rings. The first-order chi connectivity index (χ1) is 9.34. The average molecular weight is 239 g/mol. The third-order valence-electron chi connectivity index (χ3n) is 3.64. The first-order valence-corrected chi connectivity index (χ1v) is 6.29. The van der Waals surface area contributed by atoms with E-state index in [1.54, 1.807) is 6.20 Å². The monoisotopic (exact) mass is 239 g/mol. The normalized spacial score (nSPS) is 11.4. The standard InChI is InChI=1S/C17H10BN/c18-16-10-15-12-5-2-1-4-11(12)7-8-13(15)14-6-3-9-19-17(14)16/h1-10H. The van der Waals surface area contributed by atoms with Crippen LogP contribution in [0.15, 0.2) is 60.8 Å². The van der Waals surface area contributed by atoms with Crippen LogP contribution in [0.3, 0.4) is 0 Å². The van der Waals surface area contributed by atoms with Crippen molar-refractivity contribution in [3.8, 4) is 0 Å². The molecule has 1 nitrogen and oxygen atoms in total. The van der Waals surface area contributed by atoms with E-state index in [1.165, 1.54) is 21.5 Å². The van der Waals surface area contributed by atoms with Gasteiger partial charge in [-0.15, -0.1) is 0 Å². The summed E-state index contributed by atoms with van der Waals surface area (Å²) in [5, 5.41) is 5.98. The van der Waals surface area contributed by atoms with Crippen molar-refractivity contribution in [2.24, 2.45) is 0 Å². The van der Waals surface area contributed by atoms with Crippen LogP contribution < -0.4 is 5.46 Å². The highest BCUT2D eigenvalue weighted by atomic mass is 14.6. The molecule has 19 heavy (non-hydrogen) atoms. The van der Waals surface area contributed by atoms with Gasteiger partial charge >= 0.3 is 0 Å². The number of aromatic nitrogens is 1. The van der Waals surface area contributed by atoms with Gasteiger partial charge in [-0.25, -0.2) is 0 Å². The van der Waals surface area contributed by atoms with Gasteiger partial charge in [-0.1, -0.05) is 54.0 Å². The lowest BCUT2D eigenvalue weighted by molar-refractivity contribution is 1.43. The molecular formula is C17H10BN. The lowest BCUT2D eigenvalue weighted by atomic mass is 9.88. The maximum Gasteiger partial charge on any atom is 0.116 e. The number of nitrogens with zero attached hydrogens (tertiary/aromatic N) is 1. The lowest BCUT2D eigenvalue weighted by Crippen LogP contribution is -2.05. The van der Waals surface area contributed by atoms with Gasteiger partial charge in [0.2, 0.25) is 0 Å². The Hall–Kier alpha value is -2.35. The minimum absolute atomic E-state index is 0.736. The first-order valence-electron chi connectivity index (χ1n) is 6.29. The fourth-order valence-corrected chi connectivity index (χ4v) is 2.76. The molecule has 0 aliphatic rings. The Morgan fingerprint density at radius 1 is 0.737 bits per heavy atom. The van der Waals surface area contributed by atoms with Crippen molar-refractivity contribution < 1.29 is 0 Å². The maximum atomic E-state index is 6.15. The highest BCUT2D eigenvalue weighted by Crippen LogP contribution is 2.29. The van der Waals surface area contributed by atoms with Crippen molar-refractivity contribution in [1.29, 1.82) is 0 Å². The Labute approximate surface area is 112 Å². The second kappa shape index (κ2) is 3.82. The second-order valence-corrected chi connectivity index (χ2v) is 4.75. The molecule has 0 bridgehead atoms. The van der Waals surface area contributed by atoms with Crippen LogP contribution in [0.25, 0.3) is 32.4 Å². The summed E-state index contributed by atoms with van der Waals surface area (Å²) in [5.41, 5.74) is 1.62. The third-order valence-corrected chi connectivity index (χ3v) is 3.64. The fraction of sp³-hybridized carbons (Fsp3) is 0. The number of benzene rings is 3. The van der Waals surface area contributed by atoms with Crippen molar-refractivity contribution >= 4 is 45.8 Å². The van der Waals surface area contributed by atoms with E-state index in [9.17, 15) is 0 Å². The number of pyridine rings is 1. The van der Waals surface area contributed by atoms with E-state index in [-0.39, 0.29) is 0 Å². The molecule has 0 N–H and O–H groups in total. The third kappa shape index (κ3) is 1.46. The number of hydrogen-bond donors (Lipinski definition) is 0. The van der Waals surface area contributed by atoms with Gasteiger partial charge in [0.1, 0.15) is 7.85 Å². The van der Waals surface area contributed by atoms with E-state index >= 15 is 0 Å². The predicted octanol–water partition coefficient (Wildman–Crippen LogP) is 3.34. The average Bonchev–Trinajstić information content (AvgIpc) is 2.47. The van der Waals surface area contributed by atoms with Gasteiger partial charge in [-0.05, 0) is 27.6 Å². The summed E-state index contributed by atoms with van der Waals surface area (Å²) in [6.45, 7) is 0. The first kappa shape index (κ1) is 10.6. The van der Waals surface area contributed by atoms with Crippen molar-refractivity contribution in [2.45, 2.75) is 0 Å². The van der Waals surface area contributed by atoms with Crippen LogP contribution in [-0.2, 0) is 0 Å². The van der Waals surface area contributed by atoms with Crippen molar-refractivity contribution in [2.75, 3.05) is 0 Å². The Balaban J connectivity index is 2.34. The molecule has 4 rings (SSSR count). The van der Waals surface area contributed by atoms with Crippen LogP contribution in [0.4, 0.5) is 0 Å². The van der Waals surface area contributed by atoms with Gasteiger partial charge < -0.3 is 0 Å². The zero-order chi connectivity index (χ0) is 12.8. The summed E-state index contributed by atoms with van der Waals surface area (Å²) in [6, 6.07) is 18.8. The molecule has 1 aromatic heterocycles. The second-order valence-electron chi connectivity index (χ2n) is 4.75. The molecule has 0 atom stereocenters. The van der Waals surface area contributed by atoms with E-state index in [0.717, 1.165) is 16.4 Å². The Morgan fingerprint density at radius 2 is 1.58 bits per heavy atom. The molecule has 0 unspecified atom stereocenters. The molecule has 2 heteroatoms. The summed E-state index contributed by atoms with van der Waals surface area (Å²) in [4.78, 5) is 4.39. The Morgan fingerprint density at radius 3 is 2.53 bits per heavy atom. The SMILES string of the molecule is [B]c1cc2c3ccccc3ccc2c2cccnc12. The molecule has 0 saturated carbocycles. The fourth-order valence-electron chi connectivity index (χ4n) is 2.76. The van der Waals surface area contributed by atoms with Crippen LogP contribution >= 0.6 is 0 Å². The molecule has 86 valence electrons. The Kier molecular flexibility index (Phi) is 2.13. The van der Waals surface area contributed by atoms with Gasteiger partial charge in [-0.2, -0.15) is 0 Å². The molecule has 0 spiro atoms. The number of hydrogen-bond acceptors (Lipinski definition) is 1. The zero-order valence-corrected chi connectivity index (χ0v) is 10.3. The summed E-state index contributed by atoms with van der Waals surface area (Å²) < 4.78 is 0. The molecule has 0 saturated heterocycles. The van der Waals surface area contributed by atoms with Crippen LogP contribution in [0.5, 0.6) is 0 Å². The van der Waals surface area contributed by atoms with Crippen LogP contribution in [0, 0.1) is 0 Å². The van der Waals surface area contributed by atoms with Crippen molar-refractivity contribution in [3.05, 3.63) is 60.8 Å². The lowest BCUT2D eigenvalue weighted by Gasteiger charge is -2.09. The topological polar surface area (TPSA) is 12.9 Å². The molecule has 2 radical (unpaired) electrons. The van der Waals surface area contributed by atoms with E-state index in [1.807, 2.05) is 12.1 Å². The van der Waals surface area contributed by atoms with Crippen molar-refractivity contribution in [3.63, 3.8) is 0 Å². The van der Waals surface area contributed by atoms with Gasteiger partial charge in [0, 0.05) is 11.6 Å². The summed E-state index contributed by atoms with van der Waals surface area (Å²) >= 11 is 0. The molecule has 3 aromatic carbocycles. The van der Waals surface area contributed by atoms with Crippen LogP contribution in [0.2, 0.25) is 0 Å². The maximum absolute atomic E-state index is 6.15. The van der Waals surface area contributed by atoms with E-state index in [2.05, 4.69) is 47.4 Å². The zero-order valence-electron chi connectivity index (χ0n) is 10.3. The minimum Gasteiger partial charge on any atom is -0.257 e. The van der Waals surface area contributed by atoms with E-state index in [0.29, 0.717) is 0 Å². The summed E-state index contributed by atoms with van der Waals surface area (Å²) in [6.07, 6.45) is 1.78. The number of fused-ring (bicyclic) bond motifs is 5. The van der Waals surface area contributed by atoms with E-state index in [4.69, 9.17) is 7.85 Å². The number of rotatable bonds is 0. The van der Waals surface area contributed by atoms with Gasteiger partial charge in [0.25, 0.3) is 0 Å². The molecule has 0 aliphatic heterocycles. The summed E-state index contributed by atoms with van der Waals surface area (Å²) in [7, 11) is 6.15. The van der Waals surface area contributed by atoms with Gasteiger partial charge in [-0.3, -0.25) is 4.98 Å². The smallest absolute Gasteiger partial charge is 0.116 e. The molecular weight excluding hydrogens is 229 g/mol. The minimum atomic E-state index is 0.736. The highest BCUT2D eigenvalue weighted by Gasteiger charge is 2.06. The predicted molar refractivity (Wildman–Crippen MR) is 82.1 cm³/mol. The van der Waals surface area contributed by atoms with Crippen molar-refractivity contribution in [1.82, 2.24) is 4.98 Å². The highest BCUT2D eigenvalue weighted by molar-refractivity contribution is 6.41. The molecule has 0 aliphatic carbocycles. The molecule has 0 amide bonds. The van der Waals surface area contributed by atoms with Gasteiger partial charge in [0.15, 0.2) is 0 Å². The van der Waals surface area contributed by atoms with Crippen LogP contribution in [-0.4, -0.2) is 12.8 Å². The molecule has 1 heterocycles. The van der Waals surface area contributed by atoms with Gasteiger partial charge in [0.05, 0.1) is 5.52 Å². The Bertz CT molecular complexity index is 928. The quantitative estimate of drug-likeness (QED) is 0.339. The largest absolute Gasteiger partial charge is 0.257 e.